The fourth-order valence-electron chi connectivity index (χ4n) is 3.15. The fourth-order valence-corrected chi connectivity index (χ4v) is 3.79. The number of guanidine groups is 1. The Hall–Kier alpha value is -1.56. The minimum atomic E-state index is 0.0167. The van der Waals surface area contributed by atoms with Gasteiger partial charge in [0.05, 0.1) is 4.88 Å². The third kappa shape index (κ3) is 5.53. The number of carbonyl (C=O) groups is 1. The molecule has 128 valence electrons. The highest BCUT2D eigenvalue weighted by molar-refractivity contribution is 7.12. The number of aliphatic imine (C=N–C) groups is 1. The number of carbonyl (C=O) groups excluding carboxylic acids is 1. The van der Waals surface area contributed by atoms with Gasteiger partial charge in [0.2, 0.25) is 0 Å². The van der Waals surface area contributed by atoms with Gasteiger partial charge in [-0.15, -0.1) is 11.3 Å². The zero-order valence-corrected chi connectivity index (χ0v) is 15.2. The summed E-state index contributed by atoms with van der Waals surface area (Å²) in [6.07, 6.45) is 2.18. The summed E-state index contributed by atoms with van der Waals surface area (Å²) >= 11 is 1.47. The van der Waals surface area contributed by atoms with Crippen LogP contribution in [-0.4, -0.2) is 50.0 Å². The fraction of sp³-hybridized carbons (Fsp3) is 0.647. The van der Waals surface area contributed by atoms with Crippen LogP contribution in [0.3, 0.4) is 0 Å². The van der Waals surface area contributed by atoms with Gasteiger partial charge in [-0.2, -0.15) is 0 Å². The number of likely N-dealkylation sites (tertiary alicyclic amines) is 1. The zero-order valence-electron chi connectivity index (χ0n) is 14.3. The second kappa shape index (κ2) is 8.91. The van der Waals surface area contributed by atoms with Crippen molar-refractivity contribution < 1.29 is 4.79 Å². The highest BCUT2D eigenvalue weighted by Crippen LogP contribution is 2.20. The molecular formula is C17H28N4OS. The van der Waals surface area contributed by atoms with Gasteiger partial charge in [0, 0.05) is 33.2 Å². The summed E-state index contributed by atoms with van der Waals surface area (Å²) in [5.74, 6) is 2.42. The lowest BCUT2D eigenvalue weighted by molar-refractivity contribution is 0.0957. The molecule has 0 radical (unpaired) electrons. The first-order chi connectivity index (χ1) is 11.1. The van der Waals surface area contributed by atoms with Crippen molar-refractivity contribution in [3.63, 3.8) is 0 Å². The van der Waals surface area contributed by atoms with E-state index < -0.39 is 0 Å². The van der Waals surface area contributed by atoms with E-state index in [2.05, 4.69) is 34.4 Å². The molecule has 1 saturated heterocycles. The third-order valence-electron chi connectivity index (χ3n) is 4.05. The number of nitrogens with zero attached hydrogens (tertiary/aromatic N) is 2. The molecule has 1 aliphatic heterocycles. The molecule has 0 bridgehead atoms. The standard InChI is InChI=1S/C17H28N4OS/c1-13-10-14(2)12-21(11-13)17(18-3)20-8-5-7-19-16(22)15-6-4-9-23-15/h4,6,9,13-14H,5,7-8,10-12H2,1-3H3,(H,18,20)(H,19,22). The molecule has 2 rings (SSSR count). The van der Waals surface area contributed by atoms with Gasteiger partial charge >= 0.3 is 0 Å². The second-order valence-corrected chi connectivity index (χ2v) is 7.36. The van der Waals surface area contributed by atoms with E-state index in [1.165, 1.54) is 17.8 Å². The van der Waals surface area contributed by atoms with E-state index in [0.29, 0.717) is 18.4 Å². The Balaban J connectivity index is 1.67. The average Bonchev–Trinajstić information content (AvgIpc) is 3.04. The first kappa shape index (κ1) is 17.8. The largest absolute Gasteiger partial charge is 0.356 e. The van der Waals surface area contributed by atoms with Crippen LogP contribution in [0.25, 0.3) is 0 Å². The minimum Gasteiger partial charge on any atom is -0.356 e. The summed E-state index contributed by atoms with van der Waals surface area (Å²) in [6.45, 7) is 8.23. The van der Waals surface area contributed by atoms with Crippen LogP contribution in [0, 0.1) is 11.8 Å². The van der Waals surface area contributed by atoms with E-state index in [1.807, 2.05) is 24.6 Å². The van der Waals surface area contributed by atoms with Gasteiger partial charge in [0.25, 0.3) is 5.91 Å². The van der Waals surface area contributed by atoms with Gasteiger partial charge in [-0.05, 0) is 36.1 Å². The molecule has 1 aromatic heterocycles. The van der Waals surface area contributed by atoms with E-state index >= 15 is 0 Å². The number of amides is 1. The molecule has 0 spiro atoms. The maximum atomic E-state index is 11.8. The lowest BCUT2D eigenvalue weighted by atomic mass is 9.92. The van der Waals surface area contributed by atoms with Crippen LogP contribution in [0.15, 0.2) is 22.5 Å². The maximum absolute atomic E-state index is 11.8. The minimum absolute atomic E-state index is 0.0167. The Morgan fingerprint density at radius 1 is 1.30 bits per heavy atom. The Bertz CT molecular complexity index is 505. The quantitative estimate of drug-likeness (QED) is 0.493. The molecule has 1 fully saturated rings. The average molecular weight is 337 g/mol. The van der Waals surface area contributed by atoms with Crippen molar-refractivity contribution in [2.24, 2.45) is 16.8 Å². The summed E-state index contributed by atoms with van der Waals surface area (Å²) in [4.78, 5) is 19.3. The van der Waals surface area contributed by atoms with Gasteiger partial charge in [-0.3, -0.25) is 9.79 Å². The topological polar surface area (TPSA) is 56.7 Å². The molecule has 0 saturated carbocycles. The van der Waals surface area contributed by atoms with Crippen molar-refractivity contribution in [2.75, 3.05) is 33.2 Å². The van der Waals surface area contributed by atoms with Crippen molar-refractivity contribution >= 4 is 23.2 Å². The molecule has 2 atom stereocenters. The molecule has 2 N–H and O–H groups in total. The smallest absolute Gasteiger partial charge is 0.261 e. The number of hydrogen-bond acceptors (Lipinski definition) is 3. The van der Waals surface area contributed by atoms with Crippen molar-refractivity contribution in [1.29, 1.82) is 0 Å². The SMILES string of the molecule is CN=C(NCCCNC(=O)c1cccs1)N1CC(C)CC(C)C1. The number of hydrogen-bond donors (Lipinski definition) is 2. The van der Waals surface area contributed by atoms with Crippen molar-refractivity contribution in [2.45, 2.75) is 26.7 Å². The van der Waals surface area contributed by atoms with E-state index in [1.54, 1.807) is 0 Å². The Morgan fingerprint density at radius 2 is 2.00 bits per heavy atom. The highest BCUT2D eigenvalue weighted by Gasteiger charge is 2.23. The Labute approximate surface area is 143 Å². The molecule has 1 amide bonds. The summed E-state index contributed by atoms with van der Waals surface area (Å²) < 4.78 is 0. The van der Waals surface area contributed by atoms with E-state index in [0.717, 1.165) is 36.9 Å². The normalized spacial score (nSPS) is 22.0. The summed E-state index contributed by atoms with van der Waals surface area (Å²) in [7, 11) is 1.84. The van der Waals surface area contributed by atoms with Crippen molar-refractivity contribution in [3.05, 3.63) is 22.4 Å². The van der Waals surface area contributed by atoms with Crippen LogP contribution >= 0.6 is 11.3 Å². The monoisotopic (exact) mass is 336 g/mol. The van der Waals surface area contributed by atoms with Crippen LogP contribution in [-0.2, 0) is 0 Å². The molecule has 23 heavy (non-hydrogen) atoms. The van der Waals surface area contributed by atoms with Crippen LogP contribution in [0.1, 0.15) is 36.4 Å². The molecule has 6 heteroatoms. The molecule has 5 nitrogen and oxygen atoms in total. The molecule has 1 aliphatic rings. The molecule has 0 aromatic carbocycles. The molecular weight excluding hydrogens is 308 g/mol. The number of thiophene rings is 1. The summed E-state index contributed by atoms with van der Waals surface area (Å²) in [6, 6.07) is 3.74. The zero-order chi connectivity index (χ0) is 16.7. The molecule has 0 aliphatic carbocycles. The third-order valence-corrected chi connectivity index (χ3v) is 4.92. The van der Waals surface area contributed by atoms with Crippen LogP contribution in [0.4, 0.5) is 0 Å². The van der Waals surface area contributed by atoms with Crippen LogP contribution < -0.4 is 10.6 Å². The van der Waals surface area contributed by atoms with Gasteiger partial charge in [-0.25, -0.2) is 0 Å². The summed E-state index contributed by atoms with van der Waals surface area (Å²) in [5, 5.41) is 8.28. The van der Waals surface area contributed by atoms with E-state index in [4.69, 9.17) is 0 Å². The van der Waals surface area contributed by atoms with Gasteiger partial charge in [-0.1, -0.05) is 19.9 Å². The molecule has 1 aromatic rings. The van der Waals surface area contributed by atoms with Crippen LogP contribution in [0.2, 0.25) is 0 Å². The Kier molecular flexibility index (Phi) is 6.89. The number of piperidine rings is 1. The first-order valence-corrected chi connectivity index (χ1v) is 9.25. The second-order valence-electron chi connectivity index (χ2n) is 6.41. The lowest BCUT2D eigenvalue weighted by Gasteiger charge is -2.37. The van der Waals surface area contributed by atoms with Gasteiger partial charge in [0.1, 0.15) is 0 Å². The Morgan fingerprint density at radius 3 is 2.61 bits per heavy atom. The van der Waals surface area contributed by atoms with Crippen molar-refractivity contribution in [1.82, 2.24) is 15.5 Å². The first-order valence-electron chi connectivity index (χ1n) is 8.37. The van der Waals surface area contributed by atoms with E-state index in [-0.39, 0.29) is 5.91 Å². The molecule has 2 heterocycles. The van der Waals surface area contributed by atoms with Gasteiger partial charge in [0.15, 0.2) is 5.96 Å². The van der Waals surface area contributed by atoms with Crippen molar-refractivity contribution in [3.8, 4) is 0 Å². The summed E-state index contributed by atoms with van der Waals surface area (Å²) in [5.41, 5.74) is 0. The highest BCUT2D eigenvalue weighted by atomic mass is 32.1. The maximum Gasteiger partial charge on any atom is 0.261 e. The predicted octanol–water partition coefficient (Wildman–Crippen LogP) is 2.42. The number of rotatable bonds is 5. The van der Waals surface area contributed by atoms with Crippen LogP contribution in [0.5, 0.6) is 0 Å². The molecule has 2 unspecified atom stereocenters. The number of nitrogens with one attached hydrogen (secondary N) is 2. The van der Waals surface area contributed by atoms with E-state index in [9.17, 15) is 4.79 Å². The lowest BCUT2D eigenvalue weighted by Crippen LogP contribution is -2.48. The predicted molar refractivity (Wildman–Crippen MR) is 97.1 cm³/mol. The van der Waals surface area contributed by atoms with Gasteiger partial charge < -0.3 is 15.5 Å².